The van der Waals surface area contributed by atoms with Crippen LogP contribution in [0, 0.1) is 0 Å². The van der Waals surface area contributed by atoms with Crippen LogP contribution >= 0.6 is 0 Å². The van der Waals surface area contributed by atoms with Crippen LogP contribution in [0.15, 0.2) is 48.5 Å². The average Bonchev–Trinajstić information content (AvgIpc) is 2.59. The highest BCUT2D eigenvalue weighted by molar-refractivity contribution is 5.80. The predicted octanol–water partition coefficient (Wildman–Crippen LogP) is 2.43. The van der Waals surface area contributed by atoms with Gasteiger partial charge in [-0.05, 0) is 42.0 Å². The maximum atomic E-state index is 11.8. The van der Waals surface area contributed by atoms with Crippen LogP contribution in [0.1, 0.15) is 5.56 Å². The molecule has 0 atom stereocenters. The van der Waals surface area contributed by atoms with Crippen LogP contribution < -0.4 is 20.1 Å². The van der Waals surface area contributed by atoms with Crippen molar-refractivity contribution in [2.45, 2.75) is 6.54 Å². The van der Waals surface area contributed by atoms with Gasteiger partial charge < -0.3 is 20.1 Å². The number of nitrogens with one attached hydrogen (secondary N) is 2. The number of hydrogen-bond donors (Lipinski definition) is 2. The smallest absolute Gasteiger partial charge is 0.239 e. The quantitative estimate of drug-likeness (QED) is 0.824. The number of amides is 1. The van der Waals surface area contributed by atoms with Gasteiger partial charge in [-0.25, -0.2) is 0 Å². The molecule has 0 heterocycles. The molecule has 5 heteroatoms. The normalized spacial score (nSPS) is 9.91. The van der Waals surface area contributed by atoms with Crippen LogP contribution in [0.3, 0.4) is 0 Å². The molecule has 0 spiro atoms. The highest BCUT2D eigenvalue weighted by atomic mass is 16.5. The van der Waals surface area contributed by atoms with Crippen LogP contribution in [-0.4, -0.2) is 26.7 Å². The maximum absolute atomic E-state index is 11.8. The molecule has 116 valence electrons. The summed E-state index contributed by atoms with van der Waals surface area (Å²) in [4.78, 5) is 11.8. The summed E-state index contributed by atoms with van der Waals surface area (Å²) in [6, 6.07) is 15.0. The first kappa shape index (κ1) is 15.7. The Labute approximate surface area is 130 Å². The number of ether oxygens (including phenoxy) is 2. The van der Waals surface area contributed by atoms with Gasteiger partial charge in [0.1, 0.15) is 11.5 Å². The highest BCUT2D eigenvalue weighted by Crippen LogP contribution is 2.14. The lowest BCUT2D eigenvalue weighted by Gasteiger charge is -2.09. The Morgan fingerprint density at radius 3 is 2.00 bits per heavy atom. The van der Waals surface area contributed by atoms with Gasteiger partial charge in [0, 0.05) is 12.2 Å². The molecule has 2 aromatic carbocycles. The number of rotatable bonds is 7. The highest BCUT2D eigenvalue weighted by Gasteiger charge is 2.02. The topological polar surface area (TPSA) is 59.6 Å². The summed E-state index contributed by atoms with van der Waals surface area (Å²) in [7, 11) is 3.25. The lowest BCUT2D eigenvalue weighted by Crippen LogP contribution is -2.29. The summed E-state index contributed by atoms with van der Waals surface area (Å²) in [6.45, 7) is 0.718. The van der Waals surface area contributed by atoms with Gasteiger partial charge in [-0.3, -0.25) is 4.79 Å². The van der Waals surface area contributed by atoms with Gasteiger partial charge in [0.05, 0.1) is 20.8 Å². The zero-order valence-corrected chi connectivity index (χ0v) is 12.8. The van der Waals surface area contributed by atoms with Crippen LogP contribution in [0.25, 0.3) is 0 Å². The van der Waals surface area contributed by atoms with E-state index in [2.05, 4.69) is 10.6 Å². The van der Waals surface area contributed by atoms with E-state index in [9.17, 15) is 4.79 Å². The van der Waals surface area contributed by atoms with Crippen LogP contribution in [0.4, 0.5) is 5.69 Å². The first-order valence-corrected chi connectivity index (χ1v) is 6.99. The molecule has 0 bridgehead atoms. The van der Waals surface area contributed by atoms with Crippen molar-refractivity contribution in [3.05, 3.63) is 54.1 Å². The molecule has 5 nitrogen and oxygen atoms in total. The molecular formula is C17H20N2O3. The van der Waals surface area contributed by atoms with E-state index in [0.717, 1.165) is 22.7 Å². The third kappa shape index (κ3) is 4.70. The van der Waals surface area contributed by atoms with Gasteiger partial charge in [-0.1, -0.05) is 12.1 Å². The molecule has 2 N–H and O–H groups in total. The molecule has 0 saturated heterocycles. The molecule has 0 radical (unpaired) electrons. The lowest BCUT2D eigenvalue weighted by molar-refractivity contribution is -0.119. The van der Waals surface area contributed by atoms with Crippen LogP contribution in [0.5, 0.6) is 11.5 Å². The molecule has 2 rings (SSSR count). The number of carbonyl (C=O) groups is 1. The van der Waals surface area contributed by atoms with E-state index in [-0.39, 0.29) is 12.5 Å². The molecule has 0 fully saturated rings. The van der Waals surface area contributed by atoms with Crippen molar-refractivity contribution in [1.29, 1.82) is 0 Å². The molecule has 0 aliphatic carbocycles. The van der Waals surface area contributed by atoms with Crippen molar-refractivity contribution in [3.8, 4) is 11.5 Å². The number of carbonyl (C=O) groups excluding carboxylic acids is 1. The molecule has 0 saturated carbocycles. The lowest BCUT2D eigenvalue weighted by atomic mass is 10.2. The number of hydrogen-bond acceptors (Lipinski definition) is 4. The van der Waals surface area contributed by atoms with Crippen LogP contribution in [0.2, 0.25) is 0 Å². The molecule has 0 aliphatic heterocycles. The van der Waals surface area contributed by atoms with Crippen molar-refractivity contribution in [1.82, 2.24) is 5.32 Å². The van der Waals surface area contributed by atoms with Gasteiger partial charge in [0.2, 0.25) is 5.91 Å². The Hall–Kier alpha value is -2.69. The fraction of sp³-hybridized carbons (Fsp3) is 0.235. The third-order valence-corrected chi connectivity index (χ3v) is 3.19. The minimum atomic E-state index is -0.0633. The molecule has 0 aliphatic rings. The second-order valence-corrected chi connectivity index (χ2v) is 4.71. The molecule has 2 aromatic rings. The standard InChI is InChI=1S/C17H20N2O3/c1-21-15-7-3-13(4-8-15)11-19-17(20)12-18-14-5-9-16(22-2)10-6-14/h3-10,18H,11-12H2,1-2H3,(H,19,20). The second-order valence-electron chi connectivity index (χ2n) is 4.71. The fourth-order valence-corrected chi connectivity index (χ4v) is 1.90. The first-order valence-electron chi connectivity index (χ1n) is 6.99. The van der Waals surface area contributed by atoms with E-state index in [1.807, 2.05) is 48.5 Å². The summed E-state index contributed by atoms with van der Waals surface area (Å²) in [5.41, 5.74) is 1.90. The zero-order chi connectivity index (χ0) is 15.8. The number of anilines is 1. The van der Waals surface area contributed by atoms with E-state index in [4.69, 9.17) is 9.47 Å². The SMILES string of the molecule is COc1ccc(CNC(=O)CNc2ccc(OC)cc2)cc1. The first-order chi connectivity index (χ1) is 10.7. The minimum absolute atomic E-state index is 0.0633. The van der Waals surface area contributed by atoms with E-state index in [0.29, 0.717) is 6.54 Å². The van der Waals surface area contributed by atoms with Gasteiger partial charge in [-0.15, -0.1) is 0 Å². The summed E-state index contributed by atoms with van der Waals surface area (Å²) in [6.07, 6.45) is 0. The summed E-state index contributed by atoms with van der Waals surface area (Å²) in [5, 5.41) is 5.92. The van der Waals surface area contributed by atoms with E-state index < -0.39 is 0 Å². The van der Waals surface area contributed by atoms with Gasteiger partial charge in [-0.2, -0.15) is 0 Å². The summed E-state index contributed by atoms with van der Waals surface area (Å²) >= 11 is 0. The summed E-state index contributed by atoms with van der Waals surface area (Å²) < 4.78 is 10.2. The Balaban J connectivity index is 1.74. The minimum Gasteiger partial charge on any atom is -0.497 e. The van der Waals surface area contributed by atoms with Crippen molar-refractivity contribution in [3.63, 3.8) is 0 Å². The fourth-order valence-electron chi connectivity index (χ4n) is 1.90. The van der Waals surface area contributed by atoms with Crippen molar-refractivity contribution >= 4 is 11.6 Å². The number of methoxy groups -OCH3 is 2. The Morgan fingerprint density at radius 1 is 0.909 bits per heavy atom. The molecule has 0 unspecified atom stereocenters. The Kier molecular flexibility index (Phi) is 5.65. The largest absolute Gasteiger partial charge is 0.497 e. The predicted molar refractivity (Wildman–Crippen MR) is 86.3 cm³/mol. The Morgan fingerprint density at radius 2 is 1.45 bits per heavy atom. The molecule has 1 amide bonds. The zero-order valence-electron chi connectivity index (χ0n) is 12.8. The second kappa shape index (κ2) is 7.93. The van der Waals surface area contributed by atoms with E-state index in [1.54, 1.807) is 14.2 Å². The average molecular weight is 300 g/mol. The van der Waals surface area contributed by atoms with Gasteiger partial charge in [0.25, 0.3) is 0 Å². The molecule has 0 aromatic heterocycles. The molecule has 22 heavy (non-hydrogen) atoms. The van der Waals surface area contributed by atoms with Gasteiger partial charge in [0.15, 0.2) is 0 Å². The van der Waals surface area contributed by atoms with Crippen molar-refractivity contribution < 1.29 is 14.3 Å². The van der Waals surface area contributed by atoms with E-state index >= 15 is 0 Å². The van der Waals surface area contributed by atoms with Crippen molar-refractivity contribution in [2.75, 3.05) is 26.1 Å². The maximum Gasteiger partial charge on any atom is 0.239 e. The van der Waals surface area contributed by atoms with E-state index in [1.165, 1.54) is 0 Å². The third-order valence-electron chi connectivity index (χ3n) is 3.19. The monoisotopic (exact) mass is 300 g/mol. The number of benzene rings is 2. The molecular weight excluding hydrogens is 280 g/mol. The van der Waals surface area contributed by atoms with Crippen LogP contribution in [-0.2, 0) is 11.3 Å². The van der Waals surface area contributed by atoms with Gasteiger partial charge >= 0.3 is 0 Å². The van der Waals surface area contributed by atoms with Crippen molar-refractivity contribution in [2.24, 2.45) is 0 Å². The Bertz CT molecular complexity index is 541. The summed E-state index contributed by atoms with van der Waals surface area (Å²) in [5.74, 6) is 1.53.